The van der Waals surface area contributed by atoms with E-state index in [1.165, 1.54) is 0 Å². The lowest BCUT2D eigenvalue weighted by Crippen LogP contribution is -2.40. The molecule has 1 aromatic rings. The number of hydrogen-bond acceptors (Lipinski definition) is 7. The Hall–Kier alpha value is -2.35. The van der Waals surface area contributed by atoms with E-state index in [0.717, 1.165) is 44.1 Å². The van der Waals surface area contributed by atoms with Gasteiger partial charge in [0.1, 0.15) is 5.60 Å². The van der Waals surface area contributed by atoms with Crippen molar-refractivity contribution in [3.05, 3.63) is 11.6 Å². The van der Waals surface area contributed by atoms with Crippen molar-refractivity contribution in [2.75, 3.05) is 34.0 Å². The van der Waals surface area contributed by atoms with Crippen LogP contribution in [0.4, 0.5) is 4.79 Å². The highest BCUT2D eigenvalue weighted by Gasteiger charge is 2.26. The van der Waals surface area contributed by atoms with Gasteiger partial charge in [-0.3, -0.25) is 0 Å². The van der Waals surface area contributed by atoms with Crippen LogP contribution in [0.1, 0.15) is 91.5 Å². The Balaban J connectivity index is 3.36. The first-order valence-electron chi connectivity index (χ1n) is 13.3. The van der Waals surface area contributed by atoms with Crippen LogP contribution in [-0.4, -0.2) is 56.9 Å². The molecule has 1 amide bonds. The molecule has 1 atom stereocenters. The van der Waals surface area contributed by atoms with Gasteiger partial charge in [-0.15, -0.1) is 0 Å². The molecule has 1 unspecified atom stereocenters. The molecule has 1 rings (SSSR count). The zero-order valence-electron chi connectivity index (χ0n) is 23.5. The highest BCUT2D eigenvalue weighted by atomic mass is 16.6. The predicted molar refractivity (Wildman–Crippen MR) is 143 cm³/mol. The summed E-state index contributed by atoms with van der Waals surface area (Å²) >= 11 is 0. The highest BCUT2D eigenvalue weighted by Crippen LogP contribution is 2.47. The molecule has 0 aliphatic heterocycles. The zero-order valence-corrected chi connectivity index (χ0v) is 23.5. The molecule has 36 heavy (non-hydrogen) atoms. The Morgan fingerprint density at radius 2 is 1.53 bits per heavy atom. The van der Waals surface area contributed by atoms with Crippen molar-refractivity contribution >= 4 is 6.09 Å². The number of alkyl carbamates (subject to hydrolysis) is 1. The third-order valence-corrected chi connectivity index (χ3v) is 5.54. The predicted octanol–water partition coefficient (Wildman–Crippen LogP) is 6.05. The SMILES string of the molecule is CCCCCOc1cc(CC(CCCO)NC(=O)OC(C)(C)C)c(OCCCCC)c(OC)c1OC. The van der Waals surface area contributed by atoms with Crippen LogP contribution >= 0.6 is 0 Å². The van der Waals surface area contributed by atoms with Crippen LogP contribution < -0.4 is 24.3 Å². The van der Waals surface area contributed by atoms with Crippen molar-refractivity contribution < 1.29 is 33.6 Å². The Labute approximate surface area is 218 Å². The number of nitrogens with one attached hydrogen (secondary N) is 1. The third kappa shape index (κ3) is 11.6. The van der Waals surface area contributed by atoms with E-state index >= 15 is 0 Å². The maximum atomic E-state index is 12.5. The second-order valence-corrected chi connectivity index (χ2v) is 9.95. The molecule has 0 saturated carbocycles. The fraction of sp³-hybridized carbons (Fsp3) is 0.750. The smallest absolute Gasteiger partial charge is 0.407 e. The molecule has 208 valence electrons. The molecule has 0 aromatic heterocycles. The van der Waals surface area contributed by atoms with E-state index in [9.17, 15) is 9.90 Å². The van der Waals surface area contributed by atoms with Gasteiger partial charge in [0.15, 0.2) is 11.5 Å². The molecule has 0 spiro atoms. The third-order valence-electron chi connectivity index (χ3n) is 5.54. The lowest BCUT2D eigenvalue weighted by molar-refractivity contribution is 0.0499. The normalized spacial score (nSPS) is 12.1. The summed E-state index contributed by atoms with van der Waals surface area (Å²) in [5.41, 5.74) is 0.232. The molecule has 0 saturated heterocycles. The second kappa shape index (κ2) is 17.2. The number of benzene rings is 1. The van der Waals surface area contributed by atoms with Gasteiger partial charge in [-0.25, -0.2) is 4.79 Å². The number of aliphatic hydroxyl groups excluding tert-OH is 1. The van der Waals surface area contributed by atoms with Gasteiger partial charge in [-0.2, -0.15) is 0 Å². The molecule has 0 aliphatic rings. The average Bonchev–Trinajstić information content (AvgIpc) is 2.82. The molecular formula is C28H49NO7. The van der Waals surface area contributed by atoms with Gasteiger partial charge < -0.3 is 34.1 Å². The number of rotatable bonds is 18. The molecule has 2 N–H and O–H groups in total. The van der Waals surface area contributed by atoms with E-state index in [2.05, 4.69) is 19.2 Å². The van der Waals surface area contributed by atoms with Crippen LogP contribution in [0.2, 0.25) is 0 Å². The quantitative estimate of drug-likeness (QED) is 0.232. The Morgan fingerprint density at radius 1 is 0.917 bits per heavy atom. The Kier molecular flexibility index (Phi) is 15.1. The summed E-state index contributed by atoms with van der Waals surface area (Å²) in [7, 11) is 3.18. The summed E-state index contributed by atoms with van der Waals surface area (Å²) in [6.45, 7) is 10.9. The van der Waals surface area contributed by atoms with Gasteiger partial charge in [0.2, 0.25) is 11.5 Å². The molecule has 0 fully saturated rings. The number of unbranched alkanes of at least 4 members (excludes halogenated alkanes) is 4. The summed E-state index contributed by atoms with van der Waals surface area (Å²) < 4.78 is 29.3. The monoisotopic (exact) mass is 511 g/mol. The first kappa shape index (κ1) is 31.7. The number of methoxy groups -OCH3 is 2. The van der Waals surface area contributed by atoms with Crippen molar-refractivity contribution in [1.82, 2.24) is 5.32 Å². The molecule has 1 aromatic carbocycles. The van der Waals surface area contributed by atoms with Crippen LogP contribution in [0.5, 0.6) is 23.0 Å². The van der Waals surface area contributed by atoms with Crippen LogP contribution in [-0.2, 0) is 11.2 Å². The zero-order chi connectivity index (χ0) is 27.0. The van der Waals surface area contributed by atoms with Crippen LogP contribution in [0, 0.1) is 0 Å². The van der Waals surface area contributed by atoms with Crippen LogP contribution in [0.15, 0.2) is 6.07 Å². The van der Waals surface area contributed by atoms with E-state index in [1.54, 1.807) is 14.2 Å². The topological polar surface area (TPSA) is 95.5 Å². The number of amides is 1. The van der Waals surface area contributed by atoms with E-state index in [1.807, 2.05) is 26.8 Å². The highest BCUT2D eigenvalue weighted by molar-refractivity contribution is 5.68. The fourth-order valence-corrected chi connectivity index (χ4v) is 3.81. The van der Waals surface area contributed by atoms with Gasteiger partial charge in [0, 0.05) is 18.2 Å². The number of aliphatic hydroxyl groups is 1. The number of hydrogen-bond donors (Lipinski definition) is 2. The first-order valence-corrected chi connectivity index (χ1v) is 13.3. The van der Waals surface area contributed by atoms with Gasteiger partial charge in [0.25, 0.3) is 0 Å². The van der Waals surface area contributed by atoms with Gasteiger partial charge >= 0.3 is 6.09 Å². The van der Waals surface area contributed by atoms with E-state index in [0.29, 0.717) is 55.5 Å². The summed E-state index contributed by atoms with van der Waals surface area (Å²) in [4.78, 5) is 12.5. The molecule has 0 aliphatic carbocycles. The van der Waals surface area contributed by atoms with Crippen molar-refractivity contribution in [2.45, 2.75) is 104 Å². The summed E-state index contributed by atoms with van der Waals surface area (Å²) in [5.74, 6) is 2.15. The number of carbonyl (C=O) groups is 1. The lowest BCUT2D eigenvalue weighted by atomic mass is 9.99. The lowest BCUT2D eigenvalue weighted by Gasteiger charge is -2.25. The number of carbonyl (C=O) groups excluding carboxylic acids is 1. The maximum absolute atomic E-state index is 12.5. The van der Waals surface area contributed by atoms with Gasteiger partial charge in [-0.05, 0) is 58.9 Å². The number of ether oxygens (including phenoxy) is 5. The van der Waals surface area contributed by atoms with E-state index in [4.69, 9.17) is 23.7 Å². The van der Waals surface area contributed by atoms with Gasteiger partial charge in [0.05, 0.1) is 27.4 Å². The molecule has 0 heterocycles. The summed E-state index contributed by atoms with van der Waals surface area (Å²) in [6.07, 6.45) is 7.26. The second-order valence-electron chi connectivity index (χ2n) is 9.95. The average molecular weight is 512 g/mol. The summed E-state index contributed by atoms with van der Waals surface area (Å²) in [6, 6.07) is 1.64. The van der Waals surface area contributed by atoms with Crippen molar-refractivity contribution in [2.24, 2.45) is 0 Å². The maximum Gasteiger partial charge on any atom is 0.407 e. The van der Waals surface area contributed by atoms with Gasteiger partial charge in [-0.1, -0.05) is 39.5 Å². The van der Waals surface area contributed by atoms with E-state index < -0.39 is 11.7 Å². The Morgan fingerprint density at radius 3 is 2.06 bits per heavy atom. The van der Waals surface area contributed by atoms with Crippen molar-refractivity contribution in [3.8, 4) is 23.0 Å². The minimum Gasteiger partial charge on any atom is -0.490 e. The Bertz CT molecular complexity index is 761. The standard InChI is InChI=1S/C28H49NO7/c1-8-10-12-17-34-23-20-21(19-22(15-14-16-30)29-27(31)36-28(3,4)5)24(35-18-13-11-9-2)26(33-7)25(23)32-6/h20,22,30H,8-19H2,1-7H3,(H,29,31). The van der Waals surface area contributed by atoms with Crippen molar-refractivity contribution in [1.29, 1.82) is 0 Å². The first-order chi connectivity index (χ1) is 17.2. The molecule has 8 heteroatoms. The minimum absolute atomic E-state index is 0.0323. The van der Waals surface area contributed by atoms with Crippen LogP contribution in [0.25, 0.3) is 0 Å². The summed E-state index contributed by atoms with van der Waals surface area (Å²) in [5, 5.41) is 12.4. The van der Waals surface area contributed by atoms with Crippen LogP contribution in [0.3, 0.4) is 0 Å². The minimum atomic E-state index is -0.609. The van der Waals surface area contributed by atoms with E-state index in [-0.39, 0.29) is 12.6 Å². The molecule has 0 radical (unpaired) electrons. The molecular weight excluding hydrogens is 462 g/mol. The largest absolute Gasteiger partial charge is 0.490 e. The molecule has 8 nitrogen and oxygen atoms in total. The molecule has 0 bridgehead atoms. The van der Waals surface area contributed by atoms with Crippen molar-refractivity contribution in [3.63, 3.8) is 0 Å². The fourth-order valence-electron chi connectivity index (χ4n) is 3.81.